The number of carbonyl (C=O) groups excluding carboxylic acids is 2. The molecule has 1 heterocycles. The van der Waals surface area contributed by atoms with Crippen molar-refractivity contribution in [2.75, 3.05) is 7.11 Å². The van der Waals surface area contributed by atoms with Crippen LogP contribution in [0.15, 0.2) is 24.4 Å². The predicted octanol–water partition coefficient (Wildman–Crippen LogP) is 3.28. The summed E-state index contributed by atoms with van der Waals surface area (Å²) in [6, 6.07) is 4.02. The summed E-state index contributed by atoms with van der Waals surface area (Å²) in [6.07, 6.45) is 0.849. The zero-order valence-corrected chi connectivity index (χ0v) is 13.0. The second kappa shape index (κ2) is 5.79. The highest BCUT2D eigenvalue weighted by atomic mass is 19.1. The summed E-state index contributed by atoms with van der Waals surface area (Å²) in [4.78, 5) is 23.7. The lowest BCUT2D eigenvalue weighted by atomic mass is 10.1. The smallest absolute Gasteiger partial charge is 0.419 e. The van der Waals surface area contributed by atoms with Gasteiger partial charge in [0.1, 0.15) is 11.4 Å². The van der Waals surface area contributed by atoms with Crippen LogP contribution < -0.4 is 0 Å². The summed E-state index contributed by atoms with van der Waals surface area (Å²) in [5.74, 6) is -0.909. The molecule has 0 aliphatic heterocycles. The maximum atomic E-state index is 13.5. The number of rotatable bonds is 2. The fourth-order valence-electron chi connectivity index (χ4n) is 2.10. The fourth-order valence-corrected chi connectivity index (χ4v) is 2.10. The standard InChI is InChI=1S/C16H18FNO4/c1-16(2,3)22-15(20)18-9-10(7-14(19)21-4)12-8-11(17)5-6-13(12)18/h5-6,8-9H,7H2,1-4H3. The van der Waals surface area contributed by atoms with Crippen LogP contribution in [0.2, 0.25) is 0 Å². The number of benzene rings is 1. The molecule has 0 atom stereocenters. The first-order valence-electron chi connectivity index (χ1n) is 6.81. The van der Waals surface area contributed by atoms with Gasteiger partial charge in [-0.1, -0.05) is 0 Å². The molecular weight excluding hydrogens is 289 g/mol. The predicted molar refractivity (Wildman–Crippen MR) is 79.2 cm³/mol. The number of esters is 1. The van der Waals surface area contributed by atoms with Crippen LogP contribution in [-0.2, 0) is 20.7 Å². The van der Waals surface area contributed by atoms with Crippen LogP contribution in [0.5, 0.6) is 0 Å². The molecule has 0 aliphatic rings. The second-order valence-corrected chi connectivity index (χ2v) is 5.92. The van der Waals surface area contributed by atoms with Crippen LogP contribution >= 0.6 is 0 Å². The van der Waals surface area contributed by atoms with Gasteiger partial charge in [-0.05, 0) is 44.5 Å². The molecule has 0 unspecified atom stereocenters. The summed E-state index contributed by atoms with van der Waals surface area (Å²) in [5, 5.41) is 0.483. The molecule has 0 radical (unpaired) electrons. The summed E-state index contributed by atoms with van der Waals surface area (Å²) < 4.78 is 24.7. The van der Waals surface area contributed by atoms with Gasteiger partial charge in [0.2, 0.25) is 0 Å². The van der Waals surface area contributed by atoms with Gasteiger partial charge in [0, 0.05) is 11.6 Å². The number of halogens is 1. The summed E-state index contributed by atoms with van der Waals surface area (Å²) >= 11 is 0. The highest BCUT2D eigenvalue weighted by Crippen LogP contribution is 2.24. The monoisotopic (exact) mass is 307 g/mol. The van der Waals surface area contributed by atoms with Gasteiger partial charge < -0.3 is 9.47 Å². The molecule has 1 aromatic carbocycles. The van der Waals surface area contributed by atoms with Crippen LogP contribution in [0, 0.1) is 5.82 Å². The molecule has 0 saturated heterocycles. The topological polar surface area (TPSA) is 57.5 Å². The average molecular weight is 307 g/mol. The molecule has 118 valence electrons. The van der Waals surface area contributed by atoms with Gasteiger partial charge in [-0.25, -0.2) is 9.18 Å². The Balaban J connectivity index is 2.51. The van der Waals surface area contributed by atoms with Gasteiger partial charge in [0.05, 0.1) is 19.0 Å². The third kappa shape index (κ3) is 3.44. The number of hydrogen-bond donors (Lipinski definition) is 0. The minimum atomic E-state index is -0.657. The van der Waals surface area contributed by atoms with Gasteiger partial charge in [0.15, 0.2) is 0 Å². The maximum Gasteiger partial charge on any atom is 0.419 e. The van der Waals surface area contributed by atoms with E-state index >= 15 is 0 Å². The van der Waals surface area contributed by atoms with E-state index in [0.29, 0.717) is 16.5 Å². The Hall–Kier alpha value is -2.37. The van der Waals surface area contributed by atoms with Gasteiger partial charge in [0.25, 0.3) is 0 Å². The van der Waals surface area contributed by atoms with E-state index in [0.717, 1.165) is 0 Å². The molecule has 0 N–H and O–H groups in total. The Morgan fingerprint density at radius 1 is 1.27 bits per heavy atom. The van der Waals surface area contributed by atoms with E-state index in [2.05, 4.69) is 4.74 Å². The normalized spacial score (nSPS) is 11.5. The lowest BCUT2D eigenvalue weighted by molar-refractivity contribution is -0.139. The van der Waals surface area contributed by atoms with E-state index < -0.39 is 23.5 Å². The van der Waals surface area contributed by atoms with Gasteiger partial charge in [-0.3, -0.25) is 9.36 Å². The van der Waals surface area contributed by atoms with Crippen molar-refractivity contribution in [3.05, 3.63) is 35.8 Å². The largest absolute Gasteiger partial charge is 0.469 e. The van der Waals surface area contributed by atoms with Gasteiger partial charge in [-0.2, -0.15) is 0 Å². The molecular formula is C16H18FNO4. The average Bonchev–Trinajstić information content (AvgIpc) is 2.75. The Morgan fingerprint density at radius 2 is 1.95 bits per heavy atom. The third-order valence-electron chi connectivity index (χ3n) is 3.00. The second-order valence-electron chi connectivity index (χ2n) is 5.92. The molecule has 0 aliphatic carbocycles. The van der Waals surface area contributed by atoms with E-state index in [9.17, 15) is 14.0 Å². The molecule has 2 aromatic rings. The summed E-state index contributed by atoms with van der Waals surface area (Å²) in [5.41, 5.74) is 0.331. The minimum Gasteiger partial charge on any atom is -0.469 e. The lowest BCUT2D eigenvalue weighted by Crippen LogP contribution is -2.26. The zero-order valence-electron chi connectivity index (χ0n) is 13.0. The molecule has 22 heavy (non-hydrogen) atoms. The zero-order chi connectivity index (χ0) is 16.5. The summed E-state index contributed by atoms with van der Waals surface area (Å²) in [7, 11) is 1.27. The molecule has 0 fully saturated rings. The minimum absolute atomic E-state index is 0.0494. The highest BCUT2D eigenvalue weighted by molar-refractivity contribution is 5.94. The first-order chi connectivity index (χ1) is 10.2. The first-order valence-corrected chi connectivity index (χ1v) is 6.81. The number of carbonyl (C=O) groups is 2. The Bertz CT molecular complexity index is 728. The van der Waals surface area contributed by atoms with Crippen molar-refractivity contribution in [2.45, 2.75) is 32.8 Å². The Morgan fingerprint density at radius 3 is 2.55 bits per heavy atom. The SMILES string of the molecule is COC(=O)Cc1cn(C(=O)OC(C)(C)C)c2ccc(F)cc12. The van der Waals surface area contributed by atoms with Crippen molar-refractivity contribution in [3.8, 4) is 0 Å². The van der Waals surface area contributed by atoms with Crippen molar-refractivity contribution >= 4 is 23.0 Å². The molecule has 5 nitrogen and oxygen atoms in total. The van der Waals surface area contributed by atoms with Crippen molar-refractivity contribution in [3.63, 3.8) is 0 Å². The molecule has 0 bridgehead atoms. The Labute approximate surface area is 127 Å². The van der Waals surface area contributed by atoms with Crippen molar-refractivity contribution in [2.24, 2.45) is 0 Å². The van der Waals surface area contributed by atoms with Crippen LogP contribution in [0.25, 0.3) is 10.9 Å². The van der Waals surface area contributed by atoms with Crippen molar-refractivity contribution < 1.29 is 23.5 Å². The van der Waals surface area contributed by atoms with Gasteiger partial charge >= 0.3 is 12.1 Å². The van der Waals surface area contributed by atoms with Crippen LogP contribution in [0.3, 0.4) is 0 Å². The van der Waals surface area contributed by atoms with E-state index in [1.165, 1.54) is 36.1 Å². The molecule has 0 spiro atoms. The number of nitrogens with zero attached hydrogens (tertiary/aromatic N) is 1. The molecule has 2 rings (SSSR count). The van der Waals surface area contributed by atoms with Crippen molar-refractivity contribution in [1.29, 1.82) is 0 Å². The molecule has 1 aromatic heterocycles. The van der Waals surface area contributed by atoms with Crippen LogP contribution in [-0.4, -0.2) is 29.3 Å². The molecule has 6 heteroatoms. The van der Waals surface area contributed by atoms with E-state index in [4.69, 9.17) is 4.74 Å². The number of methoxy groups -OCH3 is 1. The maximum absolute atomic E-state index is 13.5. The first kappa shape index (κ1) is 16.0. The summed E-state index contributed by atoms with van der Waals surface area (Å²) in [6.45, 7) is 5.27. The molecule has 0 amide bonds. The highest BCUT2D eigenvalue weighted by Gasteiger charge is 2.21. The Kier molecular flexibility index (Phi) is 4.21. The number of fused-ring (bicyclic) bond motifs is 1. The lowest BCUT2D eigenvalue weighted by Gasteiger charge is -2.19. The van der Waals surface area contributed by atoms with E-state index in [-0.39, 0.29) is 6.42 Å². The van der Waals surface area contributed by atoms with Crippen molar-refractivity contribution in [1.82, 2.24) is 4.57 Å². The number of hydrogen-bond acceptors (Lipinski definition) is 4. The fraction of sp³-hybridized carbons (Fsp3) is 0.375. The van der Waals surface area contributed by atoms with E-state index in [1.807, 2.05) is 0 Å². The molecule has 0 saturated carbocycles. The number of ether oxygens (including phenoxy) is 2. The quantitative estimate of drug-likeness (QED) is 0.799. The van der Waals surface area contributed by atoms with Crippen LogP contribution in [0.1, 0.15) is 26.3 Å². The van der Waals surface area contributed by atoms with Gasteiger partial charge in [-0.15, -0.1) is 0 Å². The third-order valence-corrected chi connectivity index (χ3v) is 3.00. The van der Waals surface area contributed by atoms with Crippen LogP contribution in [0.4, 0.5) is 9.18 Å². The number of aromatic nitrogens is 1. The van der Waals surface area contributed by atoms with E-state index in [1.54, 1.807) is 20.8 Å².